The normalized spacial score (nSPS) is 16.8. The van der Waals surface area contributed by atoms with Crippen molar-refractivity contribution in [3.63, 3.8) is 0 Å². The molecule has 6 nitrogen and oxygen atoms in total. The van der Waals surface area contributed by atoms with Crippen molar-refractivity contribution in [1.29, 1.82) is 0 Å². The summed E-state index contributed by atoms with van der Waals surface area (Å²) in [6.45, 7) is 2.99. The number of carbonyl (C=O) groups is 2. The zero-order valence-electron chi connectivity index (χ0n) is 15.6. The molecule has 4 rings (SSSR count). The van der Waals surface area contributed by atoms with Crippen LogP contribution in [0.5, 0.6) is 0 Å². The predicted molar refractivity (Wildman–Crippen MR) is 105 cm³/mol. The number of nitrogens with zero attached hydrogens (tertiary/aromatic N) is 4. The van der Waals surface area contributed by atoms with Crippen LogP contribution in [0.2, 0.25) is 0 Å². The number of halogens is 1. The molecule has 2 amide bonds. The van der Waals surface area contributed by atoms with Crippen molar-refractivity contribution in [2.45, 2.75) is 30.7 Å². The third-order valence-electron chi connectivity index (χ3n) is 5.23. The van der Waals surface area contributed by atoms with Gasteiger partial charge in [0, 0.05) is 43.3 Å². The number of aromatic nitrogens is 2. The van der Waals surface area contributed by atoms with Crippen molar-refractivity contribution < 1.29 is 14.0 Å². The number of thioether (sulfide) groups is 1. The molecule has 0 aliphatic carbocycles. The summed E-state index contributed by atoms with van der Waals surface area (Å²) in [6, 6.07) is 8.05. The van der Waals surface area contributed by atoms with E-state index in [-0.39, 0.29) is 17.6 Å². The van der Waals surface area contributed by atoms with Crippen molar-refractivity contribution >= 4 is 23.6 Å². The van der Waals surface area contributed by atoms with Crippen molar-refractivity contribution in [3.05, 3.63) is 47.5 Å². The van der Waals surface area contributed by atoms with Gasteiger partial charge in [0.15, 0.2) is 5.69 Å². The molecule has 0 radical (unpaired) electrons. The van der Waals surface area contributed by atoms with E-state index in [9.17, 15) is 14.0 Å². The van der Waals surface area contributed by atoms with Crippen LogP contribution in [0, 0.1) is 5.82 Å². The number of fused-ring (bicyclic) bond motifs is 1. The number of hydrogen-bond acceptors (Lipinski definition) is 4. The summed E-state index contributed by atoms with van der Waals surface area (Å²) in [5, 5.41) is 4.46. The Hall–Kier alpha value is -2.35. The third kappa shape index (κ3) is 4.22. The molecule has 0 spiro atoms. The van der Waals surface area contributed by atoms with E-state index in [1.54, 1.807) is 21.9 Å². The molecule has 8 heteroatoms. The Labute approximate surface area is 167 Å². The molecular formula is C20H23FN4O2S. The Kier molecular flexibility index (Phi) is 5.66. The maximum Gasteiger partial charge on any atom is 0.274 e. The summed E-state index contributed by atoms with van der Waals surface area (Å²) >= 11 is 1.40. The molecule has 28 heavy (non-hydrogen) atoms. The monoisotopic (exact) mass is 402 g/mol. The Bertz CT molecular complexity index is 836. The lowest BCUT2D eigenvalue weighted by atomic mass is 10.1. The van der Waals surface area contributed by atoms with Crippen LogP contribution in [-0.2, 0) is 17.8 Å². The fraction of sp³-hybridized carbons (Fsp3) is 0.450. The summed E-state index contributed by atoms with van der Waals surface area (Å²) in [5.41, 5.74) is 1.66. The largest absolute Gasteiger partial charge is 0.338 e. The molecule has 0 atom stereocenters. The molecule has 0 unspecified atom stereocenters. The average Bonchev–Trinajstić information content (AvgIpc) is 3.17. The van der Waals surface area contributed by atoms with Gasteiger partial charge in [-0.1, -0.05) is 0 Å². The zero-order valence-corrected chi connectivity index (χ0v) is 16.5. The number of carbonyl (C=O) groups excluding carboxylic acids is 2. The van der Waals surface area contributed by atoms with Gasteiger partial charge in [-0.05, 0) is 49.6 Å². The SMILES string of the molecule is O=C(CSc1ccc(F)cc1)N1CCN(C(=O)c2cc3n(n2)CCCC3)CC1. The molecule has 3 heterocycles. The molecule has 0 bridgehead atoms. The van der Waals surface area contributed by atoms with E-state index >= 15 is 0 Å². The van der Waals surface area contributed by atoms with E-state index in [0.29, 0.717) is 37.6 Å². The molecule has 0 saturated carbocycles. The summed E-state index contributed by atoms with van der Waals surface area (Å²) in [7, 11) is 0. The fourth-order valence-corrected chi connectivity index (χ4v) is 4.41. The molecule has 2 aliphatic rings. The first-order valence-electron chi connectivity index (χ1n) is 9.62. The first-order chi connectivity index (χ1) is 13.6. The van der Waals surface area contributed by atoms with Crippen LogP contribution < -0.4 is 0 Å². The van der Waals surface area contributed by atoms with E-state index in [2.05, 4.69) is 5.10 Å². The van der Waals surface area contributed by atoms with Gasteiger partial charge in [0.2, 0.25) is 5.91 Å². The van der Waals surface area contributed by atoms with Crippen molar-refractivity contribution in [3.8, 4) is 0 Å². The van der Waals surface area contributed by atoms with Gasteiger partial charge < -0.3 is 9.80 Å². The van der Waals surface area contributed by atoms with Crippen LogP contribution in [0.15, 0.2) is 35.2 Å². The maximum atomic E-state index is 12.9. The minimum Gasteiger partial charge on any atom is -0.338 e. The first-order valence-corrected chi connectivity index (χ1v) is 10.6. The van der Waals surface area contributed by atoms with Gasteiger partial charge in [-0.2, -0.15) is 5.10 Å². The van der Waals surface area contributed by atoms with Crippen LogP contribution in [0.4, 0.5) is 4.39 Å². The van der Waals surface area contributed by atoms with Crippen molar-refractivity contribution in [1.82, 2.24) is 19.6 Å². The summed E-state index contributed by atoms with van der Waals surface area (Å²) in [5.74, 6) is 0.0245. The molecule has 0 N–H and O–H groups in total. The van der Waals surface area contributed by atoms with Gasteiger partial charge in [0.1, 0.15) is 5.82 Å². The van der Waals surface area contributed by atoms with E-state index < -0.39 is 0 Å². The molecule has 2 aliphatic heterocycles. The van der Waals surface area contributed by atoms with Gasteiger partial charge in [0.25, 0.3) is 5.91 Å². The molecule has 1 aromatic heterocycles. The Morgan fingerprint density at radius 3 is 2.43 bits per heavy atom. The lowest BCUT2D eigenvalue weighted by Crippen LogP contribution is -2.51. The van der Waals surface area contributed by atoms with Crippen LogP contribution in [-0.4, -0.2) is 63.3 Å². The molecule has 1 saturated heterocycles. The second kappa shape index (κ2) is 8.34. The lowest BCUT2D eigenvalue weighted by molar-refractivity contribution is -0.129. The molecular weight excluding hydrogens is 379 g/mol. The topological polar surface area (TPSA) is 58.4 Å². The molecule has 1 aromatic carbocycles. The lowest BCUT2D eigenvalue weighted by Gasteiger charge is -2.34. The standard InChI is InChI=1S/C20H23FN4O2S/c21-15-4-6-17(7-5-15)28-14-19(26)23-9-11-24(12-10-23)20(27)18-13-16-3-1-2-8-25(16)22-18/h4-7,13H,1-3,8-12,14H2. The Morgan fingerprint density at radius 1 is 1.00 bits per heavy atom. The fourth-order valence-electron chi connectivity index (χ4n) is 3.61. The molecule has 1 fully saturated rings. The zero-order chi connectivity index (χ0) is 19.5. The second-order valence-electron chi connectivity index (χ2n) is 7.12. The highest BCUT2D eigenvalue weighted by atomic mass is 32.2. The van der Waals surface area contributed by atoms with Gasteiger partial charge in [-0.15, -0.1) is 11.8 Å². The van der Waals surface area contributed by atoms with Gasteiger partial charge >= 0.3 is 0 Å². The minimum absolute atomic E-state index is 0.0406. The van der Waals surface area contributed by atoms with E-state index in [4.69, 9.17) is 0 Å². The van der Waals surface area contributed by atoms with E-state index in [1.165, 1.54) is 23.9 Å². The number of rotatable bonds is 4. The van der Waals surface area contributed by atoms with Crippen LogP contribution in [0.3, 0.4) is 0 Å². The quantitative estimate of drug-likeness (QED) is 0.737. The molecule has 2 aromatic rings. The minimum atomic E-state index is -0.282. The highest BCUT2D eigenvalue weighted by molar-refractivity contribution is 8.00. The molecule has 148 valence electrons. The second-order valence-corrected chi connectivity index (χ2v) is 8.17. The average molecular weight is 402 g/mol. The van der Waals surface area contributed by atoms with Crippen molar-refractivity contribution in [2.75, 3.05) is 31.9 Å². The number of aryl methyl sites for hydroxylation is 2. The van der Waals surface area contributed by atoms with Crippen LogP contribution >= 0.6 is 11.8 Å². The van der Waals surface area contributed by atoms with E-state index in [1.807, 2.05) is 10.7 Å². The van der Waals surface area contributed by atoms with Gasteiger partial charge in [-0.3, -0.25) is 14.3 Å². The smallest absolute Gasteiger partial charge is 0.274 e. The summed E-state index contributed by atoms with van der Waals surface area (Å²) in [6.07, 6.45) is 3.24. The number of amides is 2. The Morgan fingerprint density at radius 2 is 1.71 bits per heavy atom. The highest BCUT2D eigenvalue weighted by Gasteiger charge is 2.27. The Balaban J connectivity index is 1.27. The third-order valence-corrected chi connectivity index (χ3v) is 6.23. The number of hydrogen-bond donors (Lipinski definition) is 0. The predicted octanol–water partition coefficient (Wildman–Crippen LogP) is 2.44. The summed E-state index contributed by atoms with van der Waals surface area (Å²) < 4.78 is 14.9. The summed E-state index contributed by atoms with van der Waals surface area (Å²) in [4.78, 5) is 29.6. The first kappa shape index (κ1) is 19.0. The van der Waals surface area contributed by atoms with Crippen molar-refractivity contribution in [2.24, 2.45) is 0 Å². The number of piperazine rings is 1. The van der Waals surface area contributed by atoms with Crippen LogP contribution in [0.25, 0.3) is 0 Å². The highest BCUT2D eigenvalue weighted by Crippen LogP contribution is 2.20. The maximum absolute atomic E-state index is 12.9. The van der Waals surface area contributed by atoms with Crippen LogP contribution in [0.1, 0.15) is 29.0 Å². The number of benzene rings is 1. The van der Waals surface area contributed by atoms with E-state index in [0.717, 1.165) is 36.4 Å². The van der Waals surface area contributed by atoms with Gasteiger partial charge in [-0.25, -0.2) is 4.39 Å². The van der Waals surface area contributed by atoms with Gasteiger partial charge in [0.05, 0.1) is 5.75 Å².